The molecule has 0 bridgehead atoms. The third-order valence-corrected chi connectivity index (χ3v) is 3.84. The normalized spacial score (nSPS) is 11.5. The van der Waals surface area contributed by atoms with Crippen molar-refractivity contribution >= 4 is 22.3 Å². The van der Waals surface area contributed by atoms with Crippen LogP contribution >= 0.6 is 0 Å². The van der Waals surface area contributed by atoms with Crippen molar-refractivity contribution in [3.63, 3.8) is 0 Å². The summed E-state index contributed by atoms with van der Waals surface area (Å²) in [6.45, 7) is 0.0784. The van der Waals surface area contributed by atoms with Crippen molar-refractivity contribution < 1.29 is 19.8 Å². The van der Waals surface area contributed by atoms with Gasteiger partial charge >= 0.3 is 0 Å². The fourth-order valence-electron chi connectivity index (χ4n) is 2.71. The quantitative estimate of drug-likeness (QED) is 0.314. The largest absolute Gasteiger partial charge is 0.491 e. The molecule has 2 N–H and O–H groups in total. The molecule has 5 heteroatoms. The molecule has 0 saturated carbocycles. The van der Waals surface area contributed by atoms with Crippen LogP contribution in [-0.4, -0.2) is 35.0 Å². The van der Waals surface area contributed by atoms with Crippen LogP contribution in [0.2, 0.25) is 0 Å². The molecule has 126 valence electrons. The second kappa shape index (κ2) is 7.59. The van der Waals surface area contributed by atoms with Crippen LogP contribution < -0.4 is 4.74 Å². The number of nitrogens with zero attached hydrogens (tertiary/aromatic N) is 1. The number of hydrogen-bond donors (Lipinski definition) is 2. The Bertz CT molecular complexity index is 919. The Morgan fingerprint density at radius 3 is 2.28 bits per heavy atom. The molecule has 0 saturated heterocycles. The van der Waals surface area contributed by atoms with E-state index in [9.17, 15) is 10.0 Å². The molecule has 0 unspecified atom stereocenters. The third kappa shape index (κ3) is 3.36. The predicted molar refractivity (Wildman–Crippen MR) is 95.6 cm³/mol. The molecule has 0 atom stereocenters. The van der Waals surface area contributed by atoms with Gasteiger partial charge in [-0.15, -0.1) is 0 Å². The van der Waals surface area contributed by atoms with Gasteiger partial charge in [0, 0.05) is 16.5 Å². The van der Waals surface area contributed by atoms with E-state index in [1.165, 1.54) is 0 Å². The number of fused-ring (bicyclic) bond motifs is 1. The number of ketones is 1. The van der Waals surface area contributed by atoms with Crippen LogP contribution in [0.5, 0.6) is 5.75 Å². The SMILES string of the molecule is O=C(/C(=N/O)c1ccccc1)c1ccc(OCCO)c2ccccc12. The number of aliphatic hydroxyl groups excluding tert-OH is 1. The van der Waals surface area contributed by atoms with Gasteiger partial charge in [-0.05, 0) is 17.5 Å². The summed E-state index contributed by atoms with van der Waals surface area (Å²) in [7, 11) is 0. The Morgan fingerprint density at radius 1 is 0.920 bits per heavy atom. The first-order chi connectivity index (χ1) is 12.3. The molecule has 3 aromatic rings. The molecule has 3 aromatic carbocycles. The Kier molecular flexibility index (Phi) is 5.06. The molecule has 3 rings (SSSR count). The van der Waals surface area contributed by atoms with E-state index in [1.54, 1.807) is 36.4 Å². The highest BCUT2D eigenvalue weighted by molar-refractivity contribution is 6.52. The van der Waals surface area contributed by atoms with Gasteiger partial charge in [-0.25, -0.2) is 0 Å². The number of carbonyl (C=O) groups is 1. The van der Waals surface area contributed by atoms with Gasteiger partial charge in [0.2, 0.25) is 5.78 Å². The fourth-order valence-corrected chi connectivity index (χ4v) is 2.71. The standard InChI is InChI=1S/C20H17NO4/c22-12-13-25-18-11-10-17(15-8-4-5-9-16(15)18)20(23)19(21-24)14-6-2-1-3-7-14/h1-11,22,24H,12-13H2/b21-19+. The van der Waals surface area contributed by atoms with Crippen molar-refractivity contribution in [1.29, 1.82) is 0 Å². The minimum absolute atomic E-state index is 0.0187. The monoisotopic (exact) mass is 335 g/mol. The first-order valence-electron chi connectivity index (χ1n) is 7.84. The lowest BCUT2D eigenvalue weighted by Gasteiger charge is -2.12. The summed E-state index contributed by atoms with van der Waals surface area (Å²) in [5.74, 6) is 0.210. The van der Waals surface area contributed by atoms with Crippen molar-refractivity contribution in [2.75, 3.05) is 13.2 Å². The van der Waals surface area contributed by atoms with Gasteiger partial charge < -0.3 is 15.1 Å². The molecular formula is C20H17NO4. The van der Waals surface area contributed by atoms with Gasteiger partial charge in [-0.1, -0.05) is 59.8 Å². The van der Waals surface area contributed by atoms with Crippen LogP contribution in [0.4, 0.5) is 0 Å². The average molecular weight is 335 g/mol. The van der Waals surface area contributed by atoms with Crippen LogP contribution in [0, 0.1) is 0 Å². The van der Waals surface area contributed by atoms with Crippen LogP contribution in [0.3, 0.4) is 0 Å². The maximum Gasteiger partial charge on any atom is 0.215 e. The van der Waals surface area contributed by atoms with Crippen molar-refractivity contribution in [2.24, 2.45) is 5.16 Å². The third-order valence-electron chi connectivity index (χ3n) is 3.84. The van der Waals surface area contributed by atoms with E-state index in [0.29, 0.717) is 22.3 Å². The molecule has 0 aromatic heterocycles. The summed E-state index contributed by atoms with van der Waals surface area (Å²) >= 11 is 0. The van der Waals surface area contributed by atoms with Crippen LogP contribution in [0.1, 0.15) is 15.9 Å². The van der Waals surface area contributed by atoms with E-state index < -0.39 is 0 Å². The number of rotatable bonds is 6. The average Bonchev–Trinajstić information content (AvgIpc) is 2.67. The highest BCUT2D eigenvalue weighted by Crippen LogP contribution is 2.29. The molecule has 0 heterocycles. The molecule has 0 radical (unpaired) electrons. The minimum atomic E-state index is -0.376. The topological polar surface area (TPSA) is 79.1 Å². The molecule has 0 aliphatic carbocycles. The van der Waals surface area contributed by atoms with E-state index in [-0.39, 0.29) is 24.7 Å². The zero-order chi connectivity index (χ0) is 17.6. The van der Waals surface area contributed by atoms with Crippen molar-refractivity contribution in [2.45, 2.75) is 0 Å². The van der Waals surface area contributed by atoms with Gasteiger partial charge in [0.05, 0.1) is 6.61 Å². The van der Waals surface area contributed by atoms with E-state index >= 15 is 0 Å². The Hall–Kier alpha value is -3.18. The summed E-state index contributed by atoms with van der Waals surface area (Å²) < 4.78 is 5.53. The van der Waals surface area contributed by atoms with Crippen molar-refractivity contribution in [1.82, 2.24) is 0 Å². The number of benzene rings is 3. The molecular weight excluding hydrogens is 318 g/mol. The van der Waals surface area contributed by atoms with Gasteiger partial charge in [-0.2, -0.15) is 0 Å². The molecule has 5 nitrogen and oxygen atoms in total. The fraction of sp³-hybridized carbons (Fsp3) is 0.100. The first kappa shape index (κ1) is 16.7. The molecule has 0 spiro atoms. The maximum absolute atomic E-state index is 12.9. The first-order valence-corrected chi connectivity index (χ1v) is 7.84. The lowest BCUT2D eigenvalue weighted by molar-refractivity contribution is 0.106. The summed E-state index contributed by atoms with van der Waals surface area (Å²) in [6, 6.07) is 19.5. The second-order valence-electron chi connectivity index (χ2n) is 5.37. The summed E-state index contributed by atoms with van der Waals surface area (Å²) in [4.78, 5) is 12.9. The highest BCUT2D eigenvalue weighted by Gasteiger charge is 2.20. The molecule has 0 aliphatic heterocycles. The number of ether oxygens (including phenoxy) is 1. The molecule has 0 amide bonds. The van der Waals surface area contributed by atoms with Gasteiger partial charge in [0.15, 0.2) is 5.71 Å². The smallest absolute Gasteiger partial charge is 0.215 e. The zero-order valence-electron chi connectivity index (χ0n) is 13.4. The van der Waals surface area contributed by atoms with Gasteiger partial charge in [-0.3, -0.25) is 4.79 Å². The van der Waals surface area contributed by atoms with Crippen LogP contribution in [0.15, 0.2) is 71.9 Å². The molecule has 25 heavy (non-hydrogen) atoms. The van der Waals surface area contributed by atoms with Crippen LogP contribution in [-0.2, 0) is 0 Å². The van der Waals surface area contributed by atoms with Crippen molar-refractivity contribution in [3.05, 3.63) is 77.9 Å². The number of carbonyl (C=O) groups excluding carboxylic acids is 1. The van der Waals surface area contributed by atoms with E-state index in [4.69, 9.17) is 9.84 Å². The summed E-state index contributed by atoms with van der Waals surface area (Å²) in [6.07, 6.45) is 0. The second-order valence-corrected chi connectivity index (χ2v) is 5.37. The van der Waals surface area contributed by atoms with E-state index in [2.05, 4.69) is 5.16 Å². The molecule has 0 aliphatic rings. The highest BCUT2D eigenvalue weighted by atomic mass is 16.5. The Morgan fingerprint density at radius 2 is 1.60 bits per heavy atom. The predicted octanol–water partition coefficient (Wildman–Crippen LogP) is 3.27. The number of aliphatic hydroxyl groups is 1. The number of oxime groups is 1. The Balaban J connectivity index is 2.08. The van der Waals surface area contributed by atoms with E-state index in [1.807, 2.05) is 30.3 Å². The molecule has 0 fully saturated rings. The van der Waals surface area contributed by atoms with Gasteiger partial charge in [0.25, 0.3) is 0 Å². The number of Topliss-reactive ketones (excluding diaryl/α,β-unsaturated/α-hetero) is 1. The summed E-state index contributed by atoms with van der Waals surface area (Å²) in [5.41, 5.74) is 0.943. The number of hydrogen-bond acceptors (Lipinski definition) is 5. The lowest BCUT2D eigenvalue weighted by atomic mass is 9.95. The lowest BCUT2D eigenvalue weighted by Crippen LogP contribution is -2.16. The zero-order valence-corrected chi connectivity index (χ0v) is 13.4. The van der Waals surface area contributed by atoms with E-state index in [0.717, 1.165) is 5.39 Å². The maximum atomic E-state index is 12.9. The Labute approximate surface area is 144 Å². The summed E-state index contributed by atoms with van der Waals surface area (Å²) in [5, 5.41) is 23.0. The van der Waals surface area contributed by atoms with Crippen molar-refractivity contribution in [3.8, 4) is 5.75 Å². The van der Waals surface area contributed by atoms with Crippen LogP contribution in [0.25, 0.3) is 10.8 Å². The van der Waals surface area contributed by atoms with Gasteiger partial charge in [0.1, 0.15) is 12.4 Å². The minimum Gasteiger partial charge on any atom is -0.491 e.